The van der Waals surface area contributed by atoms with Gasteiger partial charge in [-0.1, -0.05) is 6.92 Å². The Hall–Kier alpha value is -2.13. The first kappa shape index (κ1) is 17.7. The maximum atomic E-state index is 12.4. The molecular formula is C16H26N6O3. The van der Waals surface area contributed by atoms with Crippen molar-refractivity contribution >= 4 is 17.1 Å². The fraction of sp³-hybridized carbons (Fsp3) is 0.688. The lowest BCUT2D eigenvalue weighted by Crippen LogP contribution is -2.47. The Kier molecular flexibility index (Phi) is 5.24. The summed E-state index contributed by atoms with van der Waals surface area (Å²) in [6.07, 6.45) is 0. The van der Waals surface area contributed by atoms with Crippen LogP contribution < -0.4 is 16.1 Å². The molecule has 138 valence electrons. The van der Waals surface area contributed by atoms with Crippen molar-refractivity contribution in [1.29, 1.82) is 0 Å². The van der Waals surface area contributed by atoms with Gasteiger partial charge < -0.3 is 19.1 Å². The van der Waals surface area contributed by atoms with Gasteiger partial charge in [0.05, 0.1) is 6.61 Å². The molecule has 9 heteroatoms. The first-order valence-corrected chi connectivity index (χ1v) is 8.81. The zero-order valence-corrected chi connectivity index (χ0v) is 15.1. The molecule has 0 amide bonds. The van der Waals surface area contributed by atoms with E-state index < -0.39 is 11.2 Å². The molecule has 2 aromatic heterocycles. The molecule has 25 heavy (non-hydrogen) atoms. The van der Waals surface area contributed by atoms with Gasteiger partial charge in [-0.05, 0) is 13.5 Å². The summed E-state index contributed by atoms with van der Waals surface area (Å²) in [5, 5.41) is 0. The van der Waals surface area contributed by atoms with E-state index in [2.05, 4.69) is 26.7 Å². The van der Waals surface area contributed by atoms with Crippen LogP contribution in [0.5, 0.6) is 0 Å². The number of piperazine rings is 1. The Balaban J connectivity index is 2.05. The average Bonchev–Trinajstić information content (AvgIpc) is 3.00. The Bertz CT molecular complexity index is 844. The summed E-state index contributed by atoms with van der Waals surface area (Å²) in [7, 11) is 1.62. The summed E-state index contributed by atoms with van der Waals surface area (Å²) in [6.45, 7) is 10.4. The third-order valence-electron chi connectivity index (χ3n) is 4.75. The van der Waals surface area contributed by atoms with Crippen LogP contribution in [0.1, 0.15) is 13.8 Å². The van der Waals surface area contributed by atoms with E-state index in [0.717, 1.165) is 38.7 Å². The molecular weight excluding hydrogens is 324 g/mol. The minimum atomic E-state index is -0.450. The highest BCUT2D eigenvalue weighted by atomic mass is 16.5. The summed E-state index contributed by atoms with van der Waals surface area (Å²) >= 11 is 0. The van der Waals surface area contributed by atoms with Gasteiger partial charge in [-0.25, -0.2) is 4.79 Å². The number of nitrogens with zero attached hydrogens (tertiary/aromatic N) is 5. The van der Waals surface area contributed by atoms with Crippen molar-refractivity contribution in [2.75, 3.05) is 50.8 Å². The molecule has 0 unspecified atom stereocenters. The minimum Gasteiger partial charge on any atom is -0.380 e. The molecule has 1 fully saturated rings. The Labute approximate surface area is 145 Å². The number of H-pyrrole nitrogens is 1. The molecule has 1 saturated heterocycles. The van der Waals surface area contributed by atoms with Gasteiger partial charge in [0, 0.05) is 46.4 Å². The number of aryl methyl sites for hydroxylation is 1. The van der Waals surface area contributed by atoms with E-state index in [1.165, 1.54) is 4.57 Å². The lowest BCUT2D eigenvalue weighted by Gasteiger charge is -2.34. The van der Waals surface area contributed by atoms with E-state index in [-0.39, 0.29) is 0 Å². The van der Waals surface area contributed by atoms with Crippen molar-refractivity contribution in [3.05, 3.63) is 20.8 Å². The van der Waals surface area contributed by atoms with Crippen LogP contribution in [0.2, 0.25) is 0 Å². The number of nitrogens with one attached hydrogen (secondary N) is 1. The fourth-order valence-corrected chi connectivity index (χ4v) is 3.24. The largest absolute Gasteiger partial charge is 0.380 e. The molecule has 0 radical (unpaired) electrons. The Morgan fingerprint density at radius 2 is 1.88 bits per heavy atom. The van der Waals surface area contributed by atoms with Crippen molar-refractivity contribution in [2.24, 2.45) is 7.05 Å². The molecule has 9 nitrogen and oxygen atoms in total. The first-order chi connectivity index (χ1) is 12.1. The van der Waals surface area contributed by atoms with E-state index in [1.807, 2.05) is 11.5 Å². The highest BCUT2D eigenvalue weighted by molar-refractivity contribution is 5.74. The van der Waals surface area contributed by atoms with Gasteiger partial charge >= 0.3 is 5.69 Å². The van der Waals surface area contributed by atoms with Crippen LogP contribution in [-0.4, -0.2) is 69.9 Å². The number of aromatic amines is 1. The van der Waals surface area contributed by atoms with Crippen LogP contribution in [0.25, 0.3) is 11.2 Å². The normalized spacial score (nSPS) is 16.0. The summed E-state index contributed by atoms with van der Waals surface area (Å²) in [4.78, 5) is 35.9. The van der Waals surface area contributed by atoms with E-state index >= 15 is 0 Å². The predicted octanol–water partition coefficient (Wildman–Crippen LogP) is -0.398. The molecule has 1 N–H and O–H groups in total. The first-order valence-electron chi connectivity index (χ1n) is 8.81. The molecule has 1 aliphatic heterocycles. The van der Waals surface area contributed by atoms with Crippen LogP contribution in [-0.2, 0) is 18.3 Å². The zero-order valence-electron chi connectivity index (χ0n) is 15.1. The molecule has 2 aromatic rings. The summed E-state index contributed by atoms with van der Waals surface area (Å²) in [6, 6.07) is 0. The van der Waals surface area contributed by atoms with Crippen LogP contribution in [0.4, 0.5) is 5.95 Å². The summed E-state index contributed by atoms with van der Waals surface area (Å²) < 4.78 is 8.74. The molecule has 0 aliphatic carbocycles. The third kappa shape index (κ3) is 3.34. The van der Waals surface area contributed by atoms with Crippen molar-refractivity contribution in [3.8, 4) is 0 Å². The van der Waals surface area contributed by atoms with E-state index in [4.69, 9.17) is 4.74 Å². The quantitative estimate of drug-likeness (QED) is 0.714. The van der Waals surface area contributed by atoms with E-state index in [1.54, 1.807) is 7.05 Å². The standard InChI is InChI=1S/C16H26N6O3/c1-4-20-6-8-21(9-7-20)15-17-13-12(22(15)10-11-25-5-2)14(23)18-16(24)19(13)3/h4-11H2,1-3H3,(H,18,23,24). The van der Waals surface area contributed by atoms with Gasteiger partial charge in [0.1, 0.15) is 0 Å². The van der Waals surface area contributed by atoms with Gasteiger partial charge in [-0.15, -0.1) is 0 Å². The van der Waals surface area contributed by atoms with Gasteiger partial charge in [0.2, 0.25) is 5.95 Å². The molecule has 3 rings (SSSR count). The lowest BCUT2D eigenvalue weighted by molar-refractivity contribution is 0.140. The zero-order chi connectivity index (χ0) is 18.0. The molecule has 3 heterocycles. The molecule has 0 saturated carbocycles. The van der Waals surface area contributed by atoms with Crippen molar-refractivity contribution < 1.29 is 4.74 Å². The maximum Gasteiger partial charge on any atom is 0.329 e. The summed E-state index contributed by atoms with van der Waals surface area (Å²) in [5.74, 6) is 0.733. The molecule has 0 spiro atoms. The van der Waals surface area contributed by atoms with Crippen LogP contribution in [0, 0.1) is 0 Å². The molecule has 0 bridgehead atoms. The van der Waals surface area contributed by atoms with Gasteiger partial charge in [0.25, 0.3) is 5.56 Å². The Morgan fingerprint density at radius 3 is 2.52 bits per heavy atom. The number of ether oxygens (including phenoxy) is 1. The van der Waals surface area contributed by atoms with Gasteiger partial charge in [0.15, 0.2) is 11.2 Å². The van der Waals surface area contributed by atoms with Gasteiger partial charge in [-0.3, -0.25) is 14.3 Å². The van der Waals surface area contributed by atoms with Gasteiger partial charge in [-0.2, -0.15) is 4.98 Å². The number of aromatic nitrogens is 4. The smallest absolute Gasteiger partial charge is 0.329 e. The van der Waals surface area contributed by atoms with E-state index in [0.29, 0.717) is 30.9 Å². The van der Waals surface area contributed by atoms with E-state index in [9.17, 15) is 9.59 Å². The lowest BCUT2D eigenvalue weighted by atomic mass is 10.3. The molecule has 0 aromatic carbocycles. The highest BCUT2D eigenvalue weighted by Crippen LogP contribution is 2.20. The van der Waals surface area contributed by atoms with Crippen molar-refractivity contribution in [1.82, 2.24) is 24.0 Å². The minimum absolute atomic E-state index is 0.402. The number of likely N-dealkylation sites (N-methyl/N-ethyl adjacent to an activating group) is 1. The monoisotopic (exact) mass is 350 g/mol. The SMILES string of the molecule is CCOCCn1c(N2CCN(CC)CC2)nc2c1c(=O)[nH]c(=O)n2C. The number of fused-ring (bicyclic) bond motifs is 1. The molecule has 1 aliphatic rings. The predicted molar refractivity (Wildman–Crippen MR) is 96.4 cm³/mol. The molecule has 0 atom stereocenters. The highest BCUT2D eigenvalue weighted by Gasteiger charge is 2.24. The van der Waals surface area contributed by atoms with Crippen LogP contribution in [0.3, 0.4) is 0 Å². The second kappa shape index (κ2) is 7.40. The Morgan fingerprint density at radius 1 is 1.16 bits per heavy atom. The summed E-state index contributed by atoms with van der Waals surface area (Å²) in [5.41, 5.74) is -0.0113. The topological polar surface area (TPSA) is 88.4 Å². The van der Waals surface area contributed by atoms with Crippen molar-refractivity contribution in [3.63, 3.8) is 0 Å². The maximum absolute atomic E-state index is 12.4. The second-order valence-electron chi connectivity index (χ2n) is 6.17. The number of anilines is 1. The fourth-order valence-electron chi connectivity index (χ4n) is 3.24. The van der Waals surface area contributed by atoms with Crippen molar-refractivity contribution in [2.45, 2.75) is 20.4 Å². The van der Waals surface area contributed by atoms with Crippen LogP contribution in [0.15, 0.2) is 9.59 Å². The number of hydrogen-bond donors (Lipinski definition) is 1. The number of imidazole rings is 1. The average molecular weight is 350 g/mol. The third-order valence-corrected chi connectivity index (χ3v) is 4.75. The number of hydrogen-bond acceptors (Lipinski definition) is 6. The van der Waals surface area contributed by atoms with Crippen LogP contribution >= 0.6 is 0 Å². The number of rotatable bonds is 6. The second-order valence-corrected chi connectivity index (χ2v) is 6.17.